The van der Waals surface area contributed by atoms with Gasteiger partial charge in [0.15, 0.2) is 0 Å². The third-order valence-corrected chi connectivity index (χ3v) is 9.20. The van der Waals surface area contributed by atoms with E-state index in [1.165, 1.54) is 17.7 Å². The van der Waals surface area contributed by atoms with Crippen LogP contribution in [0.25, 0.3) is 22.4 Å². The average Bonchev–Trinajstić information content (AvgIpc) is 3.84. The summed E-state index contributed by atoms with van der Waals surface area (Å²) in [5.41, 5.74) is 6.07. The topological polar surface area (TPSA) is 117 Å². The monoisotopic (exact) mass is 617 g/mol. The fourth-order valence-corrected chi connectivity index (χ4v) is 6.88. The molecule has 1 fully saturated rings. The van der Waals surface area contributed by atoms with Crippen LogP contribution in [0.4, 0.5) is 0 Å². The summed E-state index contributed by atoms with van der Waals surface area (Å²) in [5, 5.41) is 14.0. The number of benzene rings is 1. The highest BCUT2D eigenvalue weighted by Crippen LogP contribution is 2.36. The van der Waals surface area contributed by atoms with Crippen molar-refractivity contribution in [2.75, 3.05) is 39.5 Å². The molecule has 11 nitrogen and oxygen atoms in total. The number of hydrogen-bond donors (Lipinski definition) is 0. The van der Waals surface area contributed by atoms with Crippen LogP contribution in [0.1, 0.15) is 39.8 Å². The Morgan fingerprint density at radius 3 is 2.86 bits per heavy atom. The molecule has 0 unspecified atom stereocenters. The lowest BCUT2D eigenvalue weighted by atomic mass is 10.0. The van der Waals surface area contributed by atoms with Crippen LogP contribution in [0.15, 0.2) is 64.1 Å². The van der Waals surface area contributed by atoms with Crippen molar-refractivity contribution in [3.05, 3.63) is 85.8 Å². The second kappa shape index (κ2) is 12.0. The minimum Gasteiger partial charge on any atom is -0.460 e. The molecule has 6 heterocycles. The molecule has 4 aromatic rings. The van der Waals surface area contributed by atoms with E-state index in [0.717, 1.165) is 78.5 Å². The number of allylic oxidation sites excluding steroid dienone is 1. The number of aryl methyl sites for hydroxylation is 1. The molecule has 7 rings (SSSR count). The highest BCUT2D eigenvalue weighted by Gasteiger charge is 2.31. The van der Waals surface area contributed by atoms with Gasteiger partial charge in [0.05, 0.1) is 24.9 Å². The maximum Gasteiger partial charge on any atom is 0.348 e. The van der Waals surface area contributed by atoms with Gasteiger partial charge in [-0.2, -0.15) is 4.68 Å². The normalized spacial score (nSPS) is 18.4. The number of aliphatic imine (C=N–C) groups is 1. The van der Waals surface area contributed by atoms with Crippen molar-refractivity contribution in [1.29, 1.82) is 0 Å². The number of hydrogen-bond acceptors (Lipinski definition) is 10. The zero-order valence-corrected chi connectivity index (χ0v) is 24.8. The molecule has 0 bridgehead atoms. The number of ether oxygens (including phenoxy) is 2. The van der Waals surface area contributed by atoms with Crippen LogP contribution in [0.2, 0.25) is 5.02 Å². The zero-order chi connectivity index (χ0) is 29.3. The minimum atomic E-state index is -0.306. The molecular weight excluding hydrogens is 590 g/mol. The lowest BCUT2D eigenvalue weighted by molar-refractivity contribution is 0.0197. The first-order chi connectivity index (χ1) is 21.0. The van der Waals surface area contributed by atoms with E-state index in [1.807, 2.05) is 40.4 Å². The van der Waals surface area contributed by atoms with E-state index in [-0.39, 0.29) is 17.6 Å². The molecule has 3 aromatic heterocycles. The van der Waals surface area contributed by atoms with Crippen LogP contribution < -0.4 is 5.56 Å². The van der Waals surface area contributed by atoms with Crippen LogP contribution in [0.3, 0.4) is 0 Å². The van der Waals surface area contributed by atoms with Gasteiger partial charge in [0.1, 0.15) is 17.8 Å². The second-order valence-electron chi connectivity index (χ2n) is 10.7. The summed E-state index contributed by atoms with van der Waals surface area (Å²) in [5.74, 6) is -0.306. The highest BCUT2D eigenvalue weighted by molar-refractivity contribution is 7.12. The third-order valence-electron chi connectivity index (χ3n) is 8.06. The summed E-state index contributed by atoms with van der Waals surface area (Å²) in [4.78, 5) is 33.7. The van der Waals surface area contributed by atoms with E-state index in [2.05, 4.69) is 20.4 Å². The molecule has 1 atom stereocenters. The Labute approximate surface area is 256 Å². The molecule has 3 aliphatic rings. The Morgan fingerprint density at radius 2 is 2.02 bits per heavy atom. The van der Waals surface area contributed by atoms with E-state index in [1.54, 1.807) is 16.8 Å². The fourth-order valence-electron chi connectivity index (χ4n) is 5.88. The number of aromatic nitrogens is 5. The average molecular weight is 618 g/mol. The molecule has 0 amide bonds. The number of fused-ring (bicyclic) bond motifs is 1. The molecule has 0 N–H and O–H groups in total. The van der Waals surface area contributed by atoms with Gasteiger partial charge < -0.3 is 14.0 Å². The van der Waals surface area contributed by atoms with Crippen molar-refractivity contribution in [3.8, 4) is 16.8 Å². The van der Waals surface area contributed by atoms with Crippen LogP contribution in [0.5, 0.6) is 0 Å². The first-order valence-electron chi connectivity index (χ1n) is 14.1. The van der Waals surface area contributed by atoms with Gasteiger partial charge in [0.25, 0.3) is 5.56 Å². The molecule has 1 saturated heterocycles. The summed E-state index contributed by atoms with van der Waals surface area (Å²) in [6, 6.07) is 10.9. The minimum absolute atomic E-state index is 0.0913. The first-order valence-corrected chi connectivity index (χ1v) is 15.4. The molecular formula is C30H28ClN7O4S. The number of thiophene rings is 1. The maximum atomic E-state index is 13.5. The van der Waals surface area contributed by atoms with Gasteiger partial charge in [-0.25, -0.2) is 4.79 Å². The molecule has 0 spiro atoms. The first kappa shape index (κ1) is 27.8. The summed E-state index contributed by atoms with van der Waals surface area (Å²) in [6.07, 6.45) is 5.53. The lowest BCUT2D eigenvalue weighted by Crippen LogP contribution is -2.38. The number of halogens is 1. The fraction of sp³-hybridized carbons (Fsp3) is 0.333. The standard InChI is InChI=1S/C30H28ClN7O4S/c31-22-1-3-26(37-18-33-34-35-37)24(15-22)19-11-23-2-4-27(38(23)29(39)14-19)25-12-20(16-32-25)21-13-28(43-17-21)30(40)42-10-7-36-5-8-41-9-6-36/h1,3,11,13-18,27H,2,4-10,12H2/t27-/m0/s1. The van der Waals surface area contributed by atoms with Gasteiger partial charge in [0.2, 0.25) is 0 Å². The zero-order valence-electron chi connectivity index (χ0n) is 23.2. The number of rotatable bonds is 8. The quantitative estimate of drug-likeness (QED) is 0.272. The Hall–Kier alpha value is -3.97. The molecule has 0 radical (unpaired) electrons. The maximum absolute atomic E-state index is 13.5. The molecule has 0 saturated carbocycles. The highest BCUT2D eigenvalue weighted by atomic mass is 35.5. The van der Waals surface area contributed by atoms with E-state index in [0.29, 0.717) is 29.5 Å². The van der Waals surface area contributed by atoms with E-state index in [9.17, 15) is 9.59 Å². The van der Waals surface area contributed by atoms with Crippen LogP contribution >= 0.6 is 22.9 Å². The van der Waals surface area contributed by atoms with Gasteiger partial charge in [-0.1, -0.05) is 11.6 Å². The second-order valence-corrected chi connectivity index (χ2v) is 12.0. The van der Waals surface area contributed by atoms with E-state index < -0.39 is 0 Å². The van der Waals surface area contributed by atoms with Gasteiger partial charge in [-0.15, -0.1) is 16.4 Å². The van der Waals surface area contributed by atoms with E-state index in [4.69, 9.17) is 26.1 Å². The van der Waals surface area contributed by atoms with Crippen molar-refractivity contribution in [2.24, 2.45) is 4.99 Å². The number of tetrazole rings is 1. The molecule has 3 aliphatic heterocycles. The Bertz CT molecular complexity index is 1790. The molecule has 220 valence electrons. The Kier molecular flexibility index (Phi) is 7.74. The molecule has 1 aromatic carbocycles. The van der Waals surface area contributed by atoms with Crippen molar-refractivity contribution < 1.29 is 14.3 Å². The van der Waals surface area contributed by atoms with Crippen molar-refractivity contribution in [1.82, 2.24) is 29.7 Å². The van der Waals surface area contributed by atoms with Crippen molar-refractivity contribution >= 4 is 40.2 Å². The van der Waals surface area contributed by atoms with Gasteiger partial charge in [-0.3, -0.25) is 14.7 Å². The summed E-state index contributed by atoms with van der Waals surface area (Å²) < 4.78 is 14.3. The molecule has 43 heavy (non-hydrogen) atoms. The van der Waals surface area contributed by atoms with Crippen LogP contribution in [-0.4, -0.2) is 80.8 Å². The smallest absolute Gasteiger partial charge is 0.348 e. The molecule has 0 aliphatic carbocycles. The Morgan fingerprint density at radius 1 is 1.14 bits per heavy atom. The summed E-state index contributed by atoms with van der Waals surface area (Å²) in [7, 11) is 0. The number of nitrogens with zero attached hydrogens (tertiary/aromatic N) is 7. The largest absolute Gasteiger partial charge is 0.460 e. The summed E-state index contributed by atoms with van der Waals surface area (Å²) in [6.45, 7) is 4.23. The van der Waals surface area contributed by atoms with Gasteiger partial charge in [-0.05, 0) is 75.7 Å². The lowest BCUT2D eigenvalue weighted by Gasteiger charge is -2.26. The van der Waals surface area contributed by atoms with E-state index >= 15 is 0 Å². The van der Waals surface area contributed by atoms with Gasteiger partial charge >= 0.3 is 5.97 Å². The van der Waals surface area contributed by atoms with Crippen LogP contribution in [0, 0.1) is 0 Å². The molecule has 13 heteroatoms. The number of pyridine rings is 1. The predicted octanol–water partition coefficient (Wildman–Crippen LogP) is 4.07. The number of morpholine rings is 1. The predicted molar refractivity (Wildman–Crippen MR) is 163 cm³/mol. The third kappa shape index (κ3) is 5.70. The SMILES string of the molecule is O=C(OCCN1CCOCC1)c1cc(C2=CN=C([C@@H]3CCc4cc(-c5cc(Cl)ccc5-n5cnnn5)cc(=O)n43)C2)cs1. The van der Waals surface area contributed by atoms with Crippen LogP contribution in [-0.2, 0) is 15.9 Å². The summed E-state index contributed by atoms with van der Waals surface area (Å²) >= 11 is 7.71. The number of esters is 1. The number of carbonyl (C=O) groups is 1. The van der Waals surface area contributed by atoms with Crippen molar-refractivity contribution in [3.63, 3.8) is 0 Å². The number of carbonyl (C=O) groups excluding carboxylic acids is 1. The Balaban J connectivity index is 1.03. The van der Waals surface area contributed by atoms with Crippen molar-refractivity contribution in [2.45, 2.75) is 25.3 Å². The van der Waals surface area contributed by atoms with Gasteiger partial charge in [0, 0.05) is 60.3 Å².